The van der Waals surface area contributed by atoms with Crippen LogP contribution in [0.15, 0.2) is 88.1 Å². The molecule has 0 aliphatic heterocycles. The first-order valence-corrected chi connectivity index (χ1v) is 14.0. The number of hydrogen-bond donors (Lipinski definition) is 0. The maximum Gasteiger partial charge on any atom is 0.344 e. The van der Waals surface area contributed by atoms with Crippen molar-refractivity contribution < 1.29 is 28.3 Å². The Morgan fingerprint density at radius 2 is 1.31 bits per heavy atom. The van der Waals surface area contributed by atoms with Crippen molar-refractivity contribution in [1.29, 1.82) is 0 Å². The van der Waals surface area contributed by atoms with Crippen LogP contribution in [-0.4, -0.2) is 30.9 Å². The number of ether oxygens (including phenoxy) is 2. The number of carbonyl (C=O) groups excluding carboxylic acids is 3. The van der Waals surface area contributed by atoms with E-state index in [9.17, 15) is 19.2 Å². The second-order valence-corrected chi connectivity index (χ2v) is 10.6. The molecular weight excluding hydrogens is 532 g/mol. The highest BCUT2D eigenvalue weighted by molar-refractivity contribution is 5.95. The second kappa shape index (κ2) is 14.9. The number of carbonyl (C=O) groups is 3. The molecule has 3 rings (SSSR count). The molecule has 7 heteroatoms. The molecule has 42 heavy (non-hydrogen) atoms. The minimum atomic E-state index is -0.453. The molecule has 0 atom stereocenters. The van der Waals surface area contributed by atoms with Gasteiger partial charge in [0.1, 0.15) is 5.58 Å². The van der Waals surface area contributed by atoms with Gasteiger partial charge in [-0.15, -0.1) is 0 Å². The fraction of sp³-hybridized carbons (Fsp3) is 0.314. The van der Waals surface area contributed by atoms with E-state index in [1.807, 2.05) is 42.5 Å². The summed E-state index contributed by atoms with van der Waals surface area (Å²) in [7, 11) is 0. The van der Waals surface area contributed by atoms with E-state index in [0.29, 0.717) is 65.7 Å². The number of ketones is 1. The highest BCUT2D eigenvalue weighted by Crippen LogP contribution is 2.26. The van der Waals surface area contributed by atoms with E-state index in [-0.39, 0.29) is 18.8 Å². The SMILES string of the molecule is C=C(C)C(=O)Cc1ccc(-c2cc3cc(CCCOC(=O)C(=C)C)c(CCCCOC(=O)C(=C)C)cc3oc2=O)cc1. The topological polar surface area (TPSA) is 99.9 Å². The zero-order valence-electron chi connectivity index (χ0n) is 24.7. The summed E-state index contributed by atoms with van der Waals surface area (Å²) in [5.41, 5.74) is 5.28. The molecule has 1 heterocycles. The summed E-state index contributed by atoms with van der Waals surface area (Å²) in [5, 5.41) is 0.777. The van der Waals surface area contributed by atoms with Crippen LogP contribution in [0.3, 0.4) is 0 Å². The fourth-order valence-corrected chi connectivity index (χ4v) is 4.32. The van der Waals surface area contributed by atoms with Gasteiger partial charge >= 0.3 is 17.6 Å². The molecule has 0 aliphatic carbocycles. The lowest BCUT2D eigenvalue weighted by molar-refractivity contribution is -0.139. The lowest BCUT2D eigenvalue weighted by atomic mass is 9.95. The molecule has 0 saturated heterocycles. The van der Waals surface area contributed by atoms with Gasteiger partial charge in [-0.1, -0.05) is 44.0 Å². The van der Waals surface area contributed by atoms with Gasteiger partial charge < -0.3 is 13.9 Å². The molecule has 2 aromatic carbocycles. The molecule has 0 aliphatic rings. The summed E-state index contributed by atoms with van der Waals surface area (Å²) in [6.07, 6.45) is 3.64. The Kier molecular flexibility index (Phi) is 11.4. The summed E-state index contributed by atoms with van der Waals surface area (Å²) in [6, 6.07) is 13.0. The number of fused-ring (bicyclic) bond motifs is 1. The van der Waals surface area contributed by atoms with Crippen LogP contribution in [-0.2, 0) is 43.1 Å². The molecule has 0 radical (unpaired) electrons. The van der Waals surface area contributed by atoms with Crippen molar-refractivity contribution in [1.82, 2.24) is 0 Å². The highest BCUT2D eigenvalue weighted by Gasteiger charge is 2.13. The zero-order chi connectivity index (χ0) is 30.8. The molecule has 7 nitrogen and oxygen atoms in total. The van der Waals surface area contributed by atoms with Gasteiger partial charge in [0.25, 0.3) is 0 Å². The van der Waals surface area contributed by atoms with E-state index in [2.05, 4.69) is 19.7 Å². The van der Waals surface area contributed by atoms with Crippen LogP contribution in [0, 0.1) is 0 Å². The minimum absolute atomic E-state index is 0.0291. The summed E-state index contributed by atoms with van der Waals surface area (Å²) >= 11 is 0. The van der Waals surface area contributed by atoms with Crippen LogP contribution >= 0.6 is 0 Å². The van der Waals surface area contributed by atoms with Crippen molar-refractivity contribution >= 4 is 28.7 Å². The summed E-state index contributed by atoms with van der Waals surface area (Å²) in [6.45, 7) is 16.4. The van der Waals surface area contributed by atoms with Gasteiger partial charge in [0, 0.05) is 23.0 Å². The van der Waals surface area contributed by atoms with Gasteiger partial charge in [-0.25, -0.2) is 14.4 Å². The molecule has 1 aromatic heterocycles. The number of Topliss-reactive ketones (excluding diaryl/α,β-unsaturated/α-hetero) is 1. The molecule has 0 fully saturated rings. The van der Waals surface area contributed by atoms with Gasteiger partial charge in [-0.05, 0) is 98.9 Å². The van der Waals surface area contributed by atoms with Crippen molar-refractivity contribution in [3.8, 4) is 11.1 Å². The molecule has 0 bridgehead atoms. The molecule has 0 unspecified atom stereocenters. The third-order valence-electron chi connectivity index (χ3n) is 6.75. The first kappa shape index (κ1) is 32.0. The Hall–Kier alpha value is -4.52. The Morgan fingerprint density at radius 3 is 1.90 bits per heavy atom. The van der Waals surface area contributed by atoms with Crippen molar-refractivity contribution in [2.45, 2.75) is 59.3 Å². The van der Waals surface area contributed by atoms with E-state index in [0.717, 1.165) is 28.5 Å². The van der Waals surface area contributed by atoms with E-state index in [1.54, 1.807) is 20.8 Å². The number of esters is 2. The quantitative estimate of drug-likeness (QED) is 0.0874. The third-order valence-corrected chi connectivity index (χ3v) is 6.75. The van der Waals surface area contributed by atoms with Gasteiger partial charge in [-0.2, -0.15) is 0 Å². The van der Waals surface area contributed by atoms with Gasteiger partial charge in [0.15, 0.2) is 5.78 Å². The molecule has 0 saturated carbocycles. The molecular formula is C35H38O7. The highest BCUT2D eigenvalue weighted by atomic mass is 16.5. The normalized spacial score (nSPS) is 10.7. The standard InChI is InChI=1S/C35H38O7/c1-22(2)31(36)18-25-12-14-26(15-13-25)30-20-29-19-27(11-9-17-41-34(38)24(5)6)28(21-32(29)42-35(30)39)10-7-8-16-40-33(37)23(3)4/h12-15,19-21H,1,3,5,7-11,16-18H2,2,4,6H3. The number of benzene rings is 2. The van der Waals surface area contributed by atoms with Crippen LogP contribution < -0.4 is 5.63 Å². The fourth-order valence-electron chi connectivity index (χ4n) is 4.32. The lowest BCUT2D eigenvalue weighted by Gasteiger charge is -2.13. The van der Waals surface area contributed by atoms with Crippen molar-refractivity contribution in [2.24, 2.45) is 0 Å². The van der Waals surface area contributed by atoms with E-state index in [1.165, 1.54) is 0 Å². The van der Waals surface area contributed by atoms with Crippen LogP contribution in [0.1, 0.15) is 56.7 Å². The smallest absolute Gasteiger partial charge is 0.344 e. The van der Waals surface area contributed by atoms with E-state index >= 15 is 0 Å². The van der Waals surface area contributed by atoms with Gasteiger partial charge in [-0.3, -0.25) is 4.79 Å². The first-order chi connectivity index (χ1) is 20.0. The summed E-state index contributed by atoms with van der Waals surface area (Å²) < 4.78 is 16.2. The van der Waals surface area contributed by atoms with Gasteiger partial charge in [0.2, 0.25) is 0 Å². The Balaban J connectivity index is 1.84. The molecule has 0 N–H and O–H groups in total. The van der Waals surface area contributed by atoms with Crippen molar-refractivity contribution in [3.63, 3.8) is 0 Å². The average molecular weight is 571 g/mol. The molecule has 0 amide bonds. The minimum Gasteiger partial charge on any atom is -0.462 e. The maximum atomic E-state index is 13.0. The monoisotopic (exact) mass is 570 g/mol. The second-order valence-electron chi connectivity index (χ2n) is 10.6. The number of hydrogen-bond acceptors (Lipinski definition) is 7. The molecule has 0 spiro atoms. The Bertz CT molecular complexity index is 1570. The average Bonchev–Trinajstić information content (AvgIpc) is 2.94. The first-order valence-electron chi connectivity index (χ1n) is 14.0. The van der Waals surface area contributed by atoms with Crippen molar-refractivity contribution in [3.05, 3.63) is 106 Å². The van der Waals surface area contributed by atoms with Crippen LogP contribution in [0.2, 0.25) is 0 Å². The molecule has 3 aromatic rings. The summed E-state index contributed by atoms with van der Waals surface area (Å²) in [5.74, 6) is -0.851. The van der Waals surface area contributed by atoms with Crippen molar-refractivity contribution in [2.75, 3.05) is 13.2 Å². The van der Waals surface area contributed by atoms with E-state index in [4.69, 9.17) is 13.9 Å². The zero-order valence-corrected chi connectivity index (χ0v) is 24.7. The maximum absolute atomic E-state index is 13.0. The van der Waals surface area contributed by atoms with Gasteiger partial charge in [0.05, 0.1) is 18.8 Å². The van der Waals surface area contributed by atoms with Crippen LogP contribution in [0.5, 0.6) is 0 Å². The van der Waals surface area contributed by atoms with Crippen LogP contribution in [0.4, 0.5) is 0 Å². The number of aryl methyl sites for hydroxylation is 2. The Labute approximate surface area is 246 Å². The largest absolute Gasteiger partial charge is 0.462 e. The Morgan fingerprint density at radius 1 is 0.738 bits per heavy atom. The van der Waals surface area contributed by atoms with Crippen LogP contribution in [0.25, 0.3) is 22.1 Å². The predicted octanol–water partition coefficient (Wildman–Crippen LogP) is 6.64. The summed E-state index contributed by atoms with van der Waals surface area (Å²) in [4.78, 5) is 48.4. The number of rotatable bonds is 15. The predicted molar refractivity (Wildman–Crippen MR) is 164 cm³/mol. The molecule has 220 valence electrons. The third kappa shape index (κ3) is 8.99. The number of unbranched alkanes of at least 4 members (excludes halogenated alkanes) is 1. The van der Waals surface area contributed by atoms with E-state index < -0.39 is 17.6 Å². The lowest BCUT2D eigenvalue weighted by Crippen LogP contribution is -2.08. The number of allylic oxidation sites excluding steroid dienone is 1.